The number of carbonyl (C=O) groups excluding carboxylic acids is 1. The van der Waals surface area contributed by atoms with E-state index in [2.05, 4.69) is 0 Å². The number of amides is 1. The minimum Gasteiger partial charge on any atom is -0.508 e. The Bertz CT molecular complexity index is 392. The summed E-state index contributed by atoms with van der Waals surface area (Å²) in [4.78, 5) is 12.9. The second kappa shape index (κ2) is 4.53. The van der Waals surface area contributed by atoms with Crippen LogP contribution in [-0.4, -0.2) is 42.2 Å². The maximum absolute atomic E-state index is 11.2. The summed E-state index contributed by atoms with van der Waals surface area (Å²) < 4.78 is 5.43. The number of phenols is 1. The highest BCUT2D eigenvalue weighted by Gasteiger charge is 2.23. The van der Waals surface area contributed by atoms with Crippen LogP contribution in [0.2, 0.25) is 0 Å². The minimum atomic E-state index is 0.0181. The predicted molar refractivity (Wildman–Crippen MR) is 59.2 cm³/mol. The van der Waals surface area contributed by atoms with Gasteiger partial charge < -0.3 is 14.7 Å². The number of nitrogens with zero attached hydrogens (tertiary/aromatic N) is 1. The van der Waals surface area contributed by atoms with Gasteiger partial charge >= 0.3 is 0 Å². The normalized spacial score (nSPS) is 21.2. The third kappa shape index (κ3) is 2.52. The number of rotatable bonds is 2. The molecule has 1 heterocycles. The van der Waals surface area contributed by atoms with E-state index in [9.17, 15) is 9.90 Å². The van der Waals surface area contributed by atoms with Gasteiger partial charge in [-0.15, -0.1) is 0 Å². The Morgan fingerprint density at radius 1 is 1.56 bits per heavy atom. The summed E-state index contributed by atoms with van der Waals surface area (Å²) >= 11 is 0. The quantitative estimate of drug-likeness (QED) is 0.803. The lowest BCUT2D eigenvalue weighted by Crippen LogP contribution is -2.45. The molecule has 0 bridgehead atoms. The number of phenolic OH excluding ortho intramolecular Hbond substituents is 1. The Kier molecular flexibility index (Phi) is 3.10. The van der Waals surface area contributed by atoms with Crippen molar-refractivity contribution in [2.45, 2.75) is 12.5 Å². The van der Waals surface area contributed by atoms with Gasteiger partial charge in [-0.05, 0) is 17.7 Å². The molecule has 1 saturated heterocycles. The third-order valence-electron chi connectivity index (χ3n) is 2.72. The van der Waals surface area contributed by atoms with Gasteiger partial charge in [0, 0.05) is 20.0 Å². The van der Waals surface area contributed by atoms with Crippen molar-refractivity contribution in [2.75, 3.05) is 20.2 Å². The second-order valence-electron chi connectivity index (χ2n) is 4.08. The van der Waals surface area contributed by atoms with Crippen molar-refractivity contribution < 1.29 is 14.6 Å². The van der Waals surface area contributed by atoms with Crippen LogP contribution in [0.15, 0.2) is 24.3 Å². The molecule has 1 aromatic rings. The lowest BCUT2D eigenvalue weighted by molar-refractivity contribution is -0.146. The van der Waals surface area contributed by atoms with Gasteiger partial charge in [0.05, 0.1) is 6.10 Å². The molecule has 1 N–H and O–H groups in total. The molecule has 16 heavy (non-hydrogen) atoms. The molecule has 0 aliphatic carbocycles. The number of morpholine rings is 1. The Balaban J connectivity index is 1.98. The summed E-state index contributed by atoms with van der Waals surface area (Å²) in [7, 11) is 1.78. The van der Waals surface area contributed by atoms with Crippen LogP contribution < -0.4 is 0 Å². The minimum absolute atomic E-state index is 0.0181. The van der Waals surface area contributed by atoms with Gasteiger partial charge in [0.25, 0.3) is 0 Å². The van der Waals surface area contributed by atoms with Crippen molar-refractivity contribution in [3.63, 3.8) is 0 Å². The highest BCUT2D eigenvalue weighted by Crippen LogP contribution is 2.15. The Morgan fingerprint density at radius 3 is 3.06 bits per heavy atom. The molecule has 0 saturated carbocycles. The van der Waals surface area contributed by atoms with Crippen LogP contribution in [0.25, 0.3) is 0 Å². The van der Waals surface area contributed by atoms with E-state index in [1.807, 2.05) is 12.1 Å². The van der Waals surface area contributed by atoms with E-state index in [1.54, 1.807) is 24.1 Å². The van der Waals surface area contributed by atoms with Crippen LogP contribution in [-0.2, 0) is 16.0 Å². The van der Waals surface area contributed by atoms with Crippen molar-refractivity contribution in [3.8, 4) is 5.75 Å². The molecule has 1 aliphatic rings. The fourth-order valence-electron chi connectivity index (χ4n) is 1.83. The molecule has 1 aromatic carbocycles. The molecule has 0 radical (unpaired) electrons. The number of hydrogen-bond donors (Lipinski definition) is 1. The lowest BCUT2D eigenvalue weighted by atomic mass is 10.1. The van der Waals surface area contributed by atoms with E-state index in [4.69, 9.17) is 4.74 Å². The summed E-state index contributed by atoms with van der Waals surface area (Å²) in [6.07, 6.45) is 0.732. The molecular weight excluding hydrogens is 206 g/mol. The van der Waals surface area contributed by atoms with E-state index < -0.39 is 0 Å². The summed E-state index contributed by atoms with van der Waals surface area (Å²) in [5.74, 6) is 0.282. The summed E-state index contributed by atoms with van der Waals surface area (Å²) in [5.41, 5.74) is 1.02. The largest absolute Gasteiger partial charge is 0.508 e. The van der Waals surface area contributed by atoms with Crippen molar-refractivity contribution in [2.24, 2.45) is 0 Å². The monoisotopic (exact) mass is 221 g/mol. The number of likely N-dealkylation sites (N-methyl/N-ethyl adjacent to an activating group) is 1. The van der Waals surface area contributed by atoms with Crippen molar-refractivity contribution >= 4 is 5.91 Å². The fraction of sp³-hybridized carbons (Fsp3) is 0.417. The second-order valence-corrected chi connectivity index (χ2v) is 4.08. The van der Waals surface area contributed by atoms with Crippen molar-refractivity contribution in [1.29, 1.82) is 0 Å². The summed E-state index contributed by atoms with van der Waals surface area (Å²) in [6.45, 7) is 0.758. The SMILES string of the molecule is CN1CC(Cc2cccc(O)c2)OCC1=O. The molecular formula is C12H15NO3. The standard InChI is InChI=1S/C12H15NO3/c1-13-7-11(16-8-12(13)15)6-9-3-2-4-10(14)5-9/h2-5,11,14H,6-8H2,1H3. The Hall–Kier alpha value is -1.55. The lowest BCUT2D eigenvalue weighted by Gasteiger charge is -2.29. The van der Waals surface area contributed by atoms with Gasteiger partial charge in [-0.1, -0.05) is 12.1 Å². The van der Waals surface area contributed by atoms with E-state index in [-0.39, 0.29) is 24.4 Å². The first-order chi connectivity index (χ1) is 7.65. The zero-order chi connectivity index (χ0) is 11.5. The summed E-state index contributed by atoms with van der Waals surface area (Å²) in [5, 5.41) is 9.33. The number of benzene rings is 1. The van der Waals surface area contributed by atoms with Crippen LogP contribution >= 0.6 is 0 Å². The number of aromatic hydroxyl groups is 1. The highest BCUT2D eigenvalue weighted by molar-refractivity contribution is 5.77. The van der Waals surface area contributed by atoms with Crippen LogP contribution in [0, 0.1) is 0 Å². The summed E-state index contributed by atoms with van der Waals surface area (Å²) in [6, 6.07) is 7.11. The average molecular weight is 221 g/mol. The molecule has 1 aliphatic heterocycles. The molecule has 4 heteroatoms. The third-order valence-corrected chi connectivity index (χ3v) is 2.72. The van der Waals surface area contributed by atoms with E-state index >= 15 is 0 Å². The molecule has 1 unspecified atom stereocenters. The fourth-order valence-corrected chi connectivity index (χ4v) is 1.83. The number of hydrogen-bond acceptors (Lipinski definition) is 3. The van der Waals surface area contributed by atoms with E-state index in [1.165, 1.54) is 0 Å². The van der Waals surface area contributed by atoms with Gasteiger partial charge in [-0.2, -0.15) is 0 Å². The Labute approximate surface area is 94.4 Å². The maximum atomic E-state index is 11.2. The van der Waals surface area contributed by atoms with Crippen LogP contribution in [0.4, 0.5) is 0 Å². The first-order valence-electron chi connectivity index (χ1n) is 5.28. The molecule has 4 nitrogen and oxygen atoms in total. The zero-order valence-corrected chi connectivity index (χ0v) is 9.22. The van der Waals surface area contributed by atoms with Crippen LogP contribution in [0.1, 0.15) is 5.56 Å². The molecule has 2 rings (SSSR count). The van der Waals surface area contributed by atoms with Crippen LogP contribution in [0.5, 0.6) is 5.75 Å². The maximum Gasteiger partial charge on any atom is 0.248 e. The molecule has 1 atom stereocenters. The molecule has 1 amide bonds. The highest BCUT2D eigenvalue weighted by atomic mass is 16.5. The first-order valence-corrected chi connectivity index (χ1v) is 5.28. The molecule has 0 spiro atoms. The molecule has 0 aromatic heterocycles. The van der Waals surface area contributed by atoms with Crippen molar-refractivity contribution in [3.05, 3.63) is 29.8 Å². The number of carbonyl (C=O) groups is 1. The van der Waals surface area contributed by atoms with Crippen LogP contribution in [0.3, 0.4) is 0 Å². The van der Waals surface area contributed by atoms with E-state index in [0.717, 1.165) is 5.56 Å². The van der Waals surface area contributed by atoms with E-state index in [0.29, 0.717) is 13.0 Å². The van der Waals surface area contributed by atoms with Gasteiger partial charge in [0.1, 0.15) is 12.4 Å². The molecule has 86 valence electrons. The van der Waals surface area contributed by atoms with Gasteiger partial charge in [-0.3, -0.25) is 4.79 Å². The first kappa shape index (κ1) is 11.0. The van der Waals surface area contributed by atoms with Crippen molar-refractivity contribution in [1.82, 2.24) is 4.90 Å². The predicted octanol–water partition coefficient (Wildman–Crippen LogP) is 0.792. The molecule has 1 fully saturated rings. The average Bonchev–Trinajstić information content (AvgIpc) is 2.24. The van der Waals surface area contributed by atoms with Gasteiger partial charge in [0.15, 0.2) is 0 Å². The smallest absolute Gasteiger partial charge is 0.248 e. The van der Waals surface area contributed by atoms with Gasteiger partial charge in [-0.25, -0.2) is 0 Å². The van der Waals surface area contributed by atoms with Gasteiger partial charge in [0.2, 0.25) is 5.91 Å². The number of ether oxygens (including phenoxy) is 1. The Morgan fingerprint density at radius 2 is 2.38 bits per heavy atom. The topological polar surface area (TPSA) is 49.8 Å². The zero-order valence-electron chi connectivity index (χ0n) is 9.22.